The number of rotatable bonds is 5. The smallest absolute Gasteiger partial charge is 0.152 e. The maximum Gasteiger partial charge on any atom is 0.152 e. The third-order valence-electron chi connectivity index (χ3n) is 3.00. The highest BCUT2D eigenvalue weighted by atomic mass is 16.1. The van der Waals surface area contributed by atoms with Gasteiger partial charge in [0.2, 0.25) is 0 Å². The van der Waals surface area contributed by atoms with Crippen molar-refractivity contribution in [2.45, 2.75) is 19.9 Å². The van der Waals surface area contributed by atoms with Crippen LogP contribution >= 0.6 is 0 Å². The lowest BCUT2D eigenvalue weighted by molar-refractivity contribution is 0.112. The molecule has 2 nitrogen and oxygen atoms in total. The molecule has 0 aliphatic heterocycles. The fourth-order valence-corrected chi connectivity index (χ4v) is 1.85. The summed E-state index contributed by atoms with van der Waals surface area (Å²) in [4.78, 5) is 10.9. The number of aldehydes is 1. The normalized spacial score (nSPS) is 10.1. The van der Waals surface area contributed by atoms with Gasteiger partial charge in [0.05, 0.1) is 0 Å². The molecule has 0 aliphatic carbocycles. The van der Waals surface area contributed by atoms with Gasteiger partial charge in [-0.3, -0.25) is 4.79 Å². The minimum absolute atomic E-state index is 0.697. The average molecular weight is 239 g/mol. The van der Waals surface area contributed by atoms with Gasteiger partial charge in [0, 0.05) is 17.8 Å². The van der Waals surface area contributed by atoms with Crippen LogP contribution in [0.4, 0.5) is 5.69 Å². The van der Waals surface area contributed by atoms with Gasteiger partial charge in [-0.1, -0.05) is 43.3 Å². The van der Waals surface area contributed by atoms with Crippen molar-refractivity contribution in [2.75, 3.05) is 5.32 Å². The molecule has 0 atom stereocenters. The molecule has 0 aromatic heterocycles. The van der Waals surface area contributed by atoms with Crippen LogP contribution in [0.25, 0.3) is 0 Å². The van der Waals surface area contributed by atoms with Crippen LogP contribution in [-0.2, 0) is 13.0 Å². The maximum atomic E-state index is 10.9. The number of hydrogen-bond acceptors (Lipinski definition) is 2. The summed E-state index contributed by atoms with van der Waals surface area (Å²) in [6.07, 6.45) is 1.93. The molecule has 2 aromatic rings. The third kappa shape index (κ3) is 2.98. The Morgan fingerprint density at radius 3 is 2.33 bits per heavy atom. The predicted molar refractivity (Wildman–Crippen MR) is 75.0 cm³/mol. The Kier molecular flexibility index (Phi) is 4.13. The molecule has 0 spiro atoms. The largest absolute Gasteiger partial charge is 0.380 e. The molecule has 2 heteroatoms. The quantitative estimate of drug-likeness (QED) is 0.806. The number of para-hydroxylation sites is 1. The Balaban J connectivity index is 2.04. The van der Waals surface area contributed by atoms with Crippen molar-refractivity contribution in [1.82, 2.24) is 0 Å². The third-order valence-corrected chi connectivity index (χ3v) is 3.00. The first kappa shape index (κ1) is 12.4. The summed E-state index contributed by atoms with van der Waals surface area (Å²) in [5.74, 6) is 0. The Morgan fingerprint density at radius 2 is 1.67 bits per heavy atom. The molecule has 2 rings (SSSR count). The van der Waals surface area contributed by atoms with Crippen LogP contribution in [0.5, 0.6) is 0 Å². The molecular weight excluding hydrogens is 222 g/mol. The van der Waals surface area contributed by atoms with Crippen molar-refractivity contribution in [3.8, 4) is 0 Å². The summed E-state index contributed by atoms with van der Waals surface area (Å²) >= 11 is 0. The predicted octanol–water partition coefficient (Wildman–Crippen LogP) is 3.67. The second-order valence-corrected chi connectivity index (χ2v) is 4.23. The van der Waals surface area contributed by atoms with E-state index in [9.17, 15) is 4.79 Å². The van der Waals surface area contributed by atoms with Crippen LogP contribution in [0, 0.1) is 0 Å². The van der Waals surface area contributed by atoms with Gasteiger partial charge in [-0.15, -0.1) is 0 Å². The molecule has 0 aliphatic rings. The van der Waals surface area contributed by atoms with Gasteiger partial charge in [-0.05, 0) is 29.7 Å². The fourth-order valence-electron chi connectivity index (χ4n) is 1.85. The minimum atomic E-state index is 0.697. The maximum absolute atomic E-state index is 10.9. The molecule has 0 heterocycles. The van der Waals surface area contributed by atoms with E-state index in [1.165, 1.54) is 11.1 Å². The number of carbonyl (C=O) groups excluding carboxylic acids is 1. The Bertz CT molecular complexity index is 517. The molecule has 0 radical (unpaired) electrons. The summed E-state index contributed by atoms with van der Waals surface area (Å²) in [5, 5.41) is 3.29. The van der Waals surface area contributed by atoms with Gasteiger partial charge in [-0.2, -0.15) is 0 Å². The summed E-state index contributed by atoms with van der Waals surface area (Å²) in [6, 6.07) is 16.1. The van der Waals surface area contributed by atoms with Crippen LogP contribution in [0.2, 0.25) is 0 Å². The summed E-state index contributed by atoms with van der Waals surface area (Å²) in [7, 11) is 0. The highest BCUT2D eigenvalue weighted by Gasteiger charge is 1.99. The summed E-state index contributed by atoms with van der Waals surface area (Å²) in [5.41, 5.74) is 4.13. The first-order chi connectivity index (χ1) is 8.83. The van der Waals surface area contributed by atoms with Crippen LogP contribution in [0.3, 0.4) is 0 Å². The number of nitrogens with one attached hydrogen (secondary N) is 1. The molecule has 0 fully saturated rings. The molecule has 2 aromatic carbocycles. The van der Waals surface area contributed by atoms with Crippen molar-refractivity contribution in [3.05, 3.63) is 65.2 Å². The number of benzene rings is 2. The van der Waals surface area contributed by atoms with E-state index in [0.717, 1.165) is 24.9 Å². The van der Waals surface area contributed by atoms with E-state index < -0.39 is 0 Å². The van der Waals surface area contributed by atoms with Crippen molar-refractivity contribution < 1.29 is 4.79 Å². The van der Waals surface area contributed by atoms with E-state index >= 15 is 0 Å². The molecular formula is C16H17NO. The van der Waals surface area contributed by atoms with Crippen LogP contribution < -0.4 is 5.32 Å². The van der Waals surface area contributed by atoms with E-state index in [0.29, 0.717) is 5.56 Å². The lowest BCUT2D eigenvalue weighted by Crippen LogP contribution is -2.02. The van der Waals surface area contributed by atoms with E-state index in [2.05, 4.69) is 36.5 Å². The SMILES string of the molecule is CCc1ccc(CNc2ccccc2C=O)cc1. The molecule has 0 saturated carbocycles. The standard InChI is InChI=1S/C16H17NO/c1-2-13-7-9-14(10-8-13)11-17-16-6-4-3-5-15(16)12-18/h3-10,12,17H,2,11H2,1H3. The van der Waals surface area contributed by atoms with Crippen molar-refractivity contribution in [1.29, 1.82) is 0 Å². The van der Waals surface area contributed by atoms with Gasteiger partial charge in [0.1, 0.15) is 0 Å². The van der Waals surface area contributed by atoms with Crippen molar-refractivity contribution in [2.24, 2.45) is 0 Å². The van der Waals surface area contributed by atoms with Crippen LogP contribution in [0.1, 0.15) is 28.4 Å². The van der Waals surface area contributed by atoms with Crippen LogP contribution in [0.15, 0.2) is 48.5 Å². The Labute approximate surface area is 108 Å². The number of anilines is 1. The van der Waals surface area contributed by atoms with Crippen LogP contribution in [-0.4, -0.2) is 6.29 Å². The van der Waals surface area contributed by atoms with E-state index in [1.807, 2.05) is 24.3 Å². The van der Waals surface area contributed by atoms with Gasteiger partial charge in [-0.25, -0.2) is 0 Å². The molecule has 0 saturated heterocycles. The van der Waals surface area contributed by atoms with Gasteiger partial charge in [0.15, 0.2) is 6.29 Å². The topological polar surface area (TPSA) is 29.1 Å². The molecule has 0 unspecified atom stereocenters. The highest BCUT2D eigenvalue weighted by molar-refractivity contribution is 5.83. The van der Waals surface area contributed by atoms with E-state index in [1.54, 1.807) is 0 Å². The number of hydrogen-bond donors (Lipinski definition) is 1. The highest BCUT2D eigenvalue weighted by Crippen LogP contribution is 2.14. The zero-order chi connectivity index (χ0) is 12.8. The molecule has 92 valence electrons. The van der Waals surface area contributed by atoms with Gasteiger partial charge >= 0.3 is 0 Å². The second kappa shape index (κ2) is 6.01. The molecule has 18 heavy (non-hydrogen) atoms. The fraction of sp³-hybridized carbons (Fsp3) is 0.188. The monoisotopic (exact) mass is 239 g/mol. The lowest BCUT2D eigenvalue weighted by atomic mass is 10.1. The number of carbonyl (C=O) groups is 1. The second-order valence-electron chi connectivity index (χ2n) is 4.23. The van der Waals surface area contributed by atoms with E-state index in [4.69, 9.17) is 0 Å². The zero-order valence-corrected chi connectivity index (χ0v) is 10.5. The number of aryl methyl sites for hydroxylation is 1. The minimum Gasteiger partial charge on any atom is -0.380 e. The first-order valence-corrected chi connectivity index (χ1v) is 6.19. The summed E-state index contributed by atoms with van der Waals surface area (Å²) < 4.78 is 0. The zero-order valence-electron chi connectivity index (χ0n) is 10.5. The average Bonchev–Trinajstić information content (AvgIpc) is 2.46. The molecule has 0 bridgehead atoms. The van der Waals surface area contributed by atoms with Gasteiger partial charge in [0.25, 0.3) is 0 Å². The molecule has 1 N–H and O–H groups in total. The Hall–Kier alpha value is -2.09. The van der Waals surface area contributed by atoms with Crippen molar-refractivity contribution in [3.63, 3.8) is 0 Å². The lowest BCUT2D eigenvalue weighted by Gasteiger charge is -2.09. The first-order valence-electron chi connectivity index (χ1n) is 6.19. The van der Waals surface area contributed by atoms with Crippen molar-refractivity contribution >= 4 is 12.0 Å². The van der Waals surface area contributed by atoms with E-state index in [-0.39, 0.29) is 0 Å². The molecule has 0 amide bonds. The summed E-state index contributed by atoms with van der Waals surface area (Å²) in [6.45, 7) is 2.88. The van der Waals surface area contributed by atoms with Gasteiger partial charge < -0.3 is 5.32 Å². The Morgan fingerprint density at radius 1 is 1.00 bits per heavy atom.